The lowest BCUT2D eigenvalue weighted by Crippen LogP contribution is -2.43. The van der Waals surface area contributed by atoms with E-state index in [1.807, 2.05) is 32.0 Å². The maximum atomic E-state index is 10.1. The molecule has 0 aliphatic heterocycles. The topological polar surface area (TPSA) is 44.3 Å². The Morgan fingerprint density at radius 2 is 1.70 bits per heavy atom. The molecule has 0 aliphatic carbocycles. The first-order chi connectivity index (χ1) is 9.63. The van der Waals surface area contributed by atoms with Gasteiger partial charge in [-0.05, 0) is 24.4 Å². The molecule has 4 heteroatoms. The van der Waals surface area contributed by atoms with E-state index in [0.29, 0.717) is 12.5 Å². The van der Waals surface area contributed by atoms with Gasteiger partial charge in [0.25, 0.3) is 0 Å². The summed E-state index contributed by atoms with van der Waals surface area (Å²) in [5.74, 6) is 0.605. The Morgan fingerprint density at radius 3 is 2.20 bits per heavy atom. The van der Waals surface area contributed by atoms with Crippen molar-refractivity contribution in [2.75, 3.05) is 13.1 Å². The van der Waals surface area contributed by atoms with E-state index in [1.54, 1.807) is 0 Å². The van der Waals surface area contributed by atoms with Crippen LogP contribution in [0.25, 0.3) is 0 Å². The van der Waals surface area contributed by atoms with E-state index in [4.69, 9.17) is 0 Å². The van der Waals surface area contributed by atoms with Crippen molar-refractivity contribution < 1.29 is 5.11 Å². The fraction of sp³-hybridized carbons (Fsp3) is 0.625. The highest BCUT2D eigenvalue weighted by atomic mass is 31.0. The average molecular weight is 298 g/mol. The van der Waals surface area contributed by atoms with Gasteiger partial charge >= 0.3 is 0 Å². The van der Waals surface area contributed by atoms with E-state index < -0.39 is 0 Å². The van der Waals surface area contributed by atoms with Crippen LogP contribution < -0.4 is 10.4 Å². The van der Waals surface area contributed by atoms with Crippen molar-refractivity contribution in [3.8, 4) is 0 Å². The third kappa shape index (κ3) is 8.65. The Kier molecular flexibility index (Phi) is 12.0. The van der Waals surface area contributed by atoms with Crippen molar-refractivity contribution in [1.82, 2.24) is 10.4 Å². The SMILES string of the molecule is CC.CC(C)CNC[C@@H](O)[C@H](Cc1ccccc1)NP. The molecule has 3 N–H and O–H groups in total. The average Bonchev–Trinajstić information content (AvgIpc) is 2.47. The highest BCUT2D eigenvalue weighted by Gasteiger charge is 2.17. The Hall–Kier alpha value is -0.470. The minimum atomic E-state index is -0.388. The summed E-state index contributed by atoms with van der Waals surface area (Å²) in [5, 5.41) is 16.5. The lowest BCUT2D eigenvalue weighted by molar-refractivity contribution is 0.135. The van der Waals surface area contributed by atoms with Crippen LogP contribution in [0.4, 0.5) is 0 Å². The van der Waals surface area contributed by atoms with Gasteiger partial charge in [-0.3, -0.25) is 5.09 Å². The molecule has 0 saturated carbocycles. The molecule has 0 amide bonds. The minimum absolute atomic E-state index is 0.0528. The first-order valence-corrected chi connectivity index (χ1v) is 8.10. The quantitative estimate of drug-likeness (QED) is 0.646. The maximum absolute atomic E-state index is 10.1. The van der Waals surface area contributed by atoms with Gasteiger partial charge in [0.05, 0.1) is 6.10 Å². The van der Waals surface area contributed by atoms with Crippen molar-refractivity contribution in [3.05, 3.63) is 35.9 Å². The van der Waals surface area contributed by atoms with Gasteiger partial charge in [-0.15, -0.1) is 0 Å². The zero-order chi connectivity index (χ0) is 15.4. The summed E-state index contributed by atoms with van der Waals surface area (Å²) >= 11 is 0. The molecule has 3 nitrogen and oxygen atoms in total. The summed E-state index contributed by atoms with van der Waals surface area (Å²) in [6, 6.07) is 10.3. The first kappa shape index (κ1) is 19.5. The second-order valence-corrected chi connectivity index (χ2v) is 5.42. The van der Waals surface area contributed by atoms with Crippen molar-refractivity contribution in [3.63, 3.8) is 0 Å². The highest BCUT2D eigenvalue weighted by molar-refractivity contribution is 7.13. The molecule has 20 heavy (non-hydrogen) atoms. The van der Waals surface area contributed by atoms with Gasteiger partial charge < -0.3 is 10.4 Å². The van der Waals surface area contributed by atoms with E-state index >= 15 is 0 Å². The van der Waals surface area contributed by atoms with Crippen LogP contribution in [0.5, 0.6) is 0 Å². The second kappa shape index (κ2) is 12.3. The summed E-state index contributed by atoms with van der Waals surface area (Å²) < 4.78 is 0. The van der Waals surface area contributed by atoms with Crippen LogP contribution in [0.2, 0.25) is 0 Å². The summed E-state index contributed by atoms with van der Waals surface area (Å²) in [6.45, 7) is 9.88. The highest BCUT2D eigenvalue weighted by Crippen LogP contribution is 2.07. The van der Waals surface area contributed by atoms with E-state index in [9.17, 15) is 5.11 Å². The van der Waals surface area contributed by atoms with E-state index in [1.165, 1.54) is 5.56 Å². The number of hydrogen-bond donors (Lipinski definition) is 3. The summed E-state index contributed by atoms with van der Waals surface area (Å²) in [5.41, 5.74) is 1.24. The van der Waals surface area contributed by atoms with Gasteiger partial charge in [-0.1, -0.05) is 67.4 Å². The molecule has 0 heterocycles. The normalized spacial score (nSPS) is 13.6. The van der Waals surface area contributed by atoms with Crippen LogP contribution in [-0.4, -0.2) is 30.3 Å². The van der Waals surface area contributed by atoms with Crippen LogP contribution >= 0.6 is 9.39 Å². The number of aliphatic hydroxyl groups is 1. The first-order valence-electron chi connectivity index (χ1n) is 7.52. The van der Waals surface area contributed by atoms with Crippen molar-refractivity contribution >= 4 is 9.39 Å². The molecular weight excluding hydrogens is 267 g/mol. The van der Waals surface area contributed by atoms with Crippen LogP contribution in [-0.2, 0) is 6.42 Å². The standard InChI is InChI=1S/C14H25N2OP.C2H6/c1-11(2)9-15-10-14(17)13(16-18)8-12-6-4-3-5-7-12;1-2/h3-7,11,13-17H,8-10,18H2,1-2H3;1-2H3/t13-,14+;/m0./s1. The maximum Gasteiger partial charge on any atom is 0.0823 e. The van der Waals surface area contributed by atoms with Crippen molar-refractivity contribution in [2.24, 2.45) is 5.92 Å². The zero-order valence-corrected chi connectivity index (χ0v) is 14.4. The molecule has 116 valence electrons. The van der Waals surface area contributed by atoms with E-state index in [0.717, 1.165) is 13.0 Å². The smallest absolute Gasteiger partial charge is 0.0823 e. The third-order valence-corrected chi connectivity index (χ3v) is 3.31. The van der Waals surface area contributed by atoms with Crippen LogP contribution in [0.15, 0.2) is 30.3 Å². The minimum Gasteiger partial charge on any atom is -0.390 e. The van der Waals surface area contributed by atoms with E-state index in [-0.39, 0.29) is 12.1 Å². The zero-order valence-electron chi connectivity index (χ0n) is 13.3. The molecule has 0 saturated heterocycles. The lowest BCUT2D eigenvalue weighted by atomic mass is 10.0. The molecule has 0 radical (unpaired) electrons. The number of rotatable bonds is 8. The van der Waals surface area contributed by atoms with Crippen LogP contribution in [0.3, 0.4) is 0 Å². The molecule has 1 unspecified atom stereocenters. The van der Waals surface area contributed by atoms with Gasteiger partial charge in [0.15, 0.2) is 0 Å². The monoisotopic (exact) mass is 298 g/mol. The molecule has 1 rings (SSSR count). The van der Waals surface area contributed by atoms with E-state index in [2.05, 4.69) is 45.8 Å². The second-order valence-electron chi connectivity index (χ2n) is 5.08. The molecule has 0 fully saturated rings. The molecule has 3 atom stereocenters. The fourth-order valence-corrected chi connectivity index (χ4v) is 2.18. The number of nitrogens with one attached hydrogen (secondary N) is 2. The molecule has 0 bridgehead atoms. The largest absolute Gasteiger partial charge is 0.390 e. The Balaban J connectivity index is 0.00000172. The van der Waals surface area contributed by atoms with Gasteiger partial charge in [0.1, 0.15) is 0 Å². The Bertz CT molecular complexity index is 320. The predicted molar refractivity (Wildman–Crippen MR) is 91.8 cm³/mol. The molecule has 0 spiro atoms. The lowest BCUT2D eigenvalue weighted by Gasteiger charge is -2.23. The predicted octanol–water partition coefficient (Wildman–Crippen LogP) is 2.61. The van der Waals surface area contributed by atoms with Crippen LogP contribution in [0.1, 0.15) is 33.3 Å². The third-order valence-electron chi connectivity index (χ3n) is 2.88. The molecule has 1 aromatic rings. The molecule has 1 aromatic carbocycles. The summed E-state index contributed by atoms with van der Waals surface area (Å²) in [6.07, 6.45) is 0.441. The molecule has 0 aliphatic rings. The van der Waals surface area contributed by atoms with Crippen molar-refractivity contribution in [2.45, 2.75) is 46.3 Å². The van der Waals surface area contributed by atoms with Gasteiger partial charge in [0.2, 0.25) is 0 Å². The summed E-state index contributed by atoms with van der Waals surface area (Å²) in [4.78, 5) is 0. The Labute approximate surface area is 126 Å². The van der Waals surface area contributed by atoms with Gasteiger partial charge in [-0.25, -0.2) is 0 Å². The number of benzene rings is 1. The summed E-state index contributed by atoms with van der Waals surface area (Å²) in [7, 11) is 2.50. The van der Waals surface area contributed by atoms with Crippen LogP contribution in [0, 0.1) is 5.92 Å². The fourth-order valence-electron chi connectivity index (χ4n) is 1.84. The Morgan fingerprint density at radius 1 is 1.10 bits per heavy atom. The van der Waals surface area contributed by atoms with Gasteiger partial charge in [0, 0.05) is 12.6 Å². The molecule has 0 aromatic heterocycles. The van der Waals surface area contributed by atoms with Gasteiger partial charge in [-0.2, -0.15) is 0 Å². The number of aliphatic hydroxyl groups excluding tert-OH is 1. The molecular formula is C16H31N2OP. The van der Waals surface area contributed by atoms with Crippen molar-refractivity contribution in [1.29, 1.82) is 0 Å². The number of hydrogen-bond acceptors (Lipinski definition) is 3.